The van der Waals surface area contributed by atoms with E-state index in [1.807, 2.05) is 0 Å². The molecule has 0 bridgehead atoms. The molecular formula is C11H12BrF3N2O3S. The van der Waals surface area contributed by atoms with E-state index < -0.39 is 22.1 Å². The van der Waals surface area contributed by atoms with E-state index >= 15 is 0 Å². The highest BCUT2D eigenvalue weighted by atomic mass is 79.9. The Bertz CT molecular complexity index is 616. The predicted molar refractivity (Wildman–Crippen MR) is 72.4 cm³/mol. The van der Waals surface area contributed by atoms with Gasteiger partial charge in [0.1, 0.15) is 5.75 Å². The van der Waals surface area contributed by atoms with Crippen molar-refractivity contribution in [2.24, 2.45) is 0 Å². The van der Waals surface area contributed by atoms with Crippen LogP contribution in [0.25, 0.3) is 0 Å². The number of nitrogens with one attached hydrogen (secondary N) is 2. The summed E-state index contributed by atoms with van der Waals surface area (Å²) in [4.78, 5) is -0.135. The number of rotatable bonds is 4. The van der Waals surface area contributed by atoms with Crippen LogP contribution in [0.1, 0.15) is 6.42 Å². The zero-order chi connectivity index (χ0) is 15.7. The Labute approximate surface area is 128 Å². The van der Waals surface area contributed by atoms with Gasteiger partial charge in [0.15, 0.2) is 0 Å². The van der Waals surface area contributed by atoms with E-state index in [4.69, 9.17) is 0 Å². The Balaban J connectivity index is 2.19. The maximum Gasteiger partial charge on any atom is 0.573 e. The van der Waals surface area contributed by atoms with E-state index in [2.05, 4.69) is 30.7 Å². The van der Waals surface area contributed by atoms with Crippen LogP contribution in [0.15, 0.2) is 27.6 Å². The fourth-order valence-corrected chi connectivity index (χ4v) is 4.26. The summed E-state index contributed by atoms with van der Waals surface area (Å²) in [6, 6.07) is 2.76. The topological polar surface area (TPSA) is 67.4 Å². The lowest BCUT2D eigenvalue weighted by atomic mass is 10.3. The summed E-state index contributed by atoms with van der Waals surface area (Å²) in [5.74, 6) is -0.490. The highest BCUT2D eigenvalue weighted by Crippen LogP contribution is 2.30. The highest BCUT2D eigenvalue weighted by Gasteiger charge is 2.32. The molecule has 1 unspecified atom stereocenters. The number of sulfonamides is 1. The van der Waals surface area contributed by atoms with E-state index in [0.717, 1.165) is 18.2 Å². The lowest BCUT2D eigenvalue weighted by Gasteiger charge is -2.14. The smallest absolute Gasteiger partial charge is 0.406 e. The Kier molecular flexibility index (Phi) is 4.81. The zero-order valence-electron chi connectivity index (χ0n) is 10.6. The maximum absolute atomic E-state index is 12.2. The quantitative estimate of drug-likeness (QED) is 0.827. The molecule has 10 heteroatoms. The first kappa shape index (κ1) is 16.5. The van der Waals surface area contributed by atoms with E-state index in [9.17, 15) is 21.6 Å². The largest absolute Gasteiger partial charge is 0.573 e. The number of hydrogen-bond acceptors (Lipinski definition) is 4. The van der Waals surface area contributed by atoms with Gasteiger partial charge in [0, 0.05) is 17.1 Å². The summed E-state index contributed by atoms with van der Waals surface area (Å²) >= 11 is 2.96. The van der Waals surface area contributed by atoms with Gasteiger partial charge in [-0.3, -0.25) is 0 Å². The van der Waals surface area contributed by atoms with Gasteiger partial charge >= 0.3 is 6.36 Å². The molecule has 2 rings (SSSR count). The van der Waals surface area contributed by atoms with Gasteiger partial charge in [0.2, 0.25) is 10.0 Å². The van der Waals surface area contributed by atoms with Crippen molar-refractivity contribution in [2.75, 3.05) is 13.1 Å². The van der Waals surface area contributed by atoms with Crippen molar-refractivity contribution < 1.29 is 26.3 Å². The molecule has 1 aromatic rings. The van der Waals surface area contributed by atoms with E-state index in [1.54, 1.807) is 0 Å². The Morgan fingerprint density at radius 3 is 2.62 bits per heavy atom. The molecule has 1 aliphatic rings. The maximum atomic E-state index is 12.2. The van der Waals surface area contributed by atoms with Crippen LogP contribution in [-0.2, 0) is 10.0 Å². The fraction of sp³-hybridized carbons (Fsp3) is 0.455. The Morgan fingerprint density at radius 2 is 2.10 bits per heavy atom. The van der Waals surface area contributed by atoms with Gasteiger partial charge in [-0.1, -0.05) is 0 Å². The SMILES string of the molecule is O=S(=O)(NC1CCNC1)c1ccc(OC(F)(F)F)cc1Br. The average Bonchev–Trinajstić information content (AvgIpc) is 2.78. The third-order valence-electron chi connectivity index (χ3n) is 2.81. The summed E-state index contributed by atoms with van der Waals surface area (Å²) in [6.07, 6.45) is -4.17. The molecular weight excluding hydrogens is 377 g/mol. The fourth-order valence-electron chi connectivity index (χ4n) is 1.93. The Hall–Kier alpha value is -0.840. The summed E-state index contributed by atoms with van der Waals surface area (Å²) in [6.45, 7) is 1.23. The van der Waals surface area contributed by atoms with Crippen LogP contribution >= 0.6 is 15.9 Å². The third kappa shape index (κ3) is 4.56. The lowest BCUT2D eigenvalue weighted by molar-refractivity contribution is -0.274. The lowest BCUT2D eigenvalue weighted by Crippen LogP contribution is -2.36. The molecule has 0 radical (unpaired) electrons. The summed E-state index contributed by atoms with van der Waals surface area (Å²) in [7, 11) is -3.81. The molecule has 2 N–H and O–H groups in total. The molecule has 1 aliphatic heterocycles. The second-order valence-electron chi connectivity index (χ2n) is 4.45. The van der Waals surface area contributed by atoms with Gasteiger partial charge in [0.25, 0.3) is 0 Å². The van der Waals surface area contributed by atoms with Gasteiger partial charge in [-0.25, -0.2) is 13.1 Å². The molecule has 118 valence electrons. The van der Waals surface area contributed by atoms with Crippen molar-refractivity contribution in [3.05, 3.63) is 22.7 Å². The first-order chi connectivity index (χ1) is 9.67. The van der Waals surface area contributed by atoms with Gasteiger partial charge in [-0.2, -0.15) is 0 Å². The molecule has 21 heavy (non-hydrogen) atoms. The molecule has 5 nitrogen and oxygen atoms in total. The number of halogens is 4. The van der Waals surface area contributed by atoms with Crippen molar-refractivity contribution in [1.29, 1.82) is 0 Å². The summed E-state index contributed by atoms with van der Waals surface area (Å²) < 4.78 is 66.9. The Morgan fingerprint density at radius 1 is 1.38 bits per heavy atom. The third-order valence-corrected chi connectivity index (χ3v) is 5.31. The highest BCUT2D eigenvalue weighted by molar-refractivity contribution is 9.10. The van der Waals surface area contributed by atoms with Crippen LogP contribution in [0.2, 0.25) is 0 Å². The summed E-state index contributed by atoms with van der Waals surface area (Å²) in [5.41, 5.74) is 0. The molecule has 0 saturated carbocycles. The van der Waals surface area contributed by atoms with Crippen molar-refractivity contribution in [2.45, 2.75) is 23.7 Å². The normalized spacial score (nSPS) is 19.7. The van der Waals surface area contributed by atoms with E-state index in [-0.39, 0.29) is 15.4 Å². The van der Waals surface area contributed by atoms with Crippen LogP contribution in [0, 0.1) is 0 Å². The van der Waals surface area contributed by atoms with Crippen LogP contribution in [0.4, 0.5) is 13.2 Å². The first-order valence-corrected chi connectivity index (χ1v) is 8.23. The predicted octanol–water partition coefficient (Wildman–Crippen LogP) is 1.99. The second-order valence-corrected chi connectivity index (χ2v) is 6.99. The van der Waals surface area contributed by atoms with Gasteiger partial charge in [0.05, 0.1) is 4.90 Å². The second kappa shape index (κ2) is 6.11. The van der Waals surface area contributed by atoms with Crippen molar-refractivity contribution in [1.82, 2.24) is 10.0 Å². The van der Waals surface area contributed by atoms with Gasteiger partial charge < -0.3 is 10.1 Å². The molecule has 1 heterocycles. The van der Waals surface area contributed by atoms with E-state index in [1.165, 1.54) is 0 Å². The minimum absolute atomic E-state index is 0.00251. The number of alkyl halides is 3. The first-order valence-electron chi connectivity index (χ1n) is 5.96. The van der Waals surface area contributed by atoms with Crippen molar-refractivity contribution in [3.8, 4) is 5.75 Å². The number of ether oxygens (including phenoxy) is 1. The average molecular weight is 389 g/mol. The minimum atomic E-state index is -4.83. The number of hydrogen-bond donors (Lipinski definition) is 2. The molecule has 0 amide bonds. The van der Waals surface area contributed by atoms with Gasteiger partial charge in [-0.05, 0) is 47.1 Å². The molecule has 0 spiro atoms. The molecule has 1 saturated heterocycles. The minimum Gasteiger partial charge on any atom is -0.406 e. The van der Waals surface area contributed by atoms with E-state index in [0.29, 0.717) is 19.5 Å². The molecule has 0 aromatic heterocycles. The van der Waals surface area contributed by atoms with Crippen molar-refractivity contribution >= 4 is 26.0 Å². The van der Waals surface area contributed by atoms with Crippen molar-refractivity contribution in [3.63, 3.8) is 0 Å². The van der Waals surface area contributed by atoms with Crippen LogP contribution in [-0.4, -0.2) is 33.9 Å². The standard InChI is InChI=1S/C11H12BrF3N2O3S/c12-9-5-8(20-11(13,14)15)1-2-10(9)21(18,19)17-7-3-4-16-6-7/h1-2,5,7,16-17H,3-4,6H2. The molecule has 1 aromatic carbocycles. The molecule has 1 fully saturated rings. The monoisotopic (exact) mass is 388 g/mol. The van der Waals surface area contributed by atoms with Gasteiger partial charge in [-0.15, -0.1) is 13.2 Å². The number of benzene rings is 1. The molecule has 0 aliphatic carbocycles. The van der Waals surface area contributed by atoms with Crippen LogP contribution < -0.4 is 14.8 Å². The molecule has 1 atom stereocenters. The zero-order valence-corrected chi connectivity index (χ0v) is 13.0. The van der Waals surface area contributed by atoms with Crippen LogP contribution in [0.5, 0.6) is 5.75 Å². The summed E-state index contributed by atoms with van der Waals surface area (Å²) in [5, 5.41) is 3.01. The van der Waals surface area contributed by atoms with Crippen LogP contribution in [0.3, 0.4) is 0 Å².